The minimum Gasteiger partial charge on any atom is -0.444 e. The van der Waals surface area contributed by atoms with Crippen molar-refractivity contribution < 1.29 is 14.3 Å². The molecule has 22 heavy (non-hydrogen) atoms. The molecular weight excluding hydrogens is 302 g/mol. The van der Waals surface area contributed by atoms with Crippen molar-refractivity contribution in [2.45, 2.75) is 57.7 Å². The molecule has 1 saturated carbocycles. The van der Waals surface area contributed by atoms with Crippen LogP contribution in [0.1, 0.15) is 39.2 Å². The van der Waals surface area contributed by atoms with Crippen molar-refractivity contribution in [2.24, 2.45) is 0 Å². The van der Waals surface area contributed by atoms with Gasteiger partial charge in [0.05, 0.1) is 6.04 Å². The van der Waals surface area contributed by atoms with Crippen molar-refractivity contribution in [2.75, 3.05) is 0 Å². The number of benzene rings is 1. The van der Waals surface area contributed by atoms with E-state index in [-0.39, 0.29) is 6.04 Å². The molecule has 0 spiro atoms. The van der Waals surface area contributed by atoms with Gasteiger partial charge in [-0.05, 0) is 57.7 Å². The summed E-state index contributed by atoms with van der Waals surface area (Å²) in [5.41, 5.74) is 0.397. The number of carbonyl (C=O) groups excluding carboxylic acids is 2. The van der Waals surface area contributed by atoms with Gasteiger partial charge in [-0.3, -0.25) is 4.90 Å². The third kappa shape index (κ3) is 4.73. The first-order chi connectivity index (χ1) is 10.3. The van der Waals surface area contributed by atoms with Crippen molar-refractivity contribution in [3.05, 3.63) is 34.9 Å². The van der Waals surface area contributed by atoms with Crippen molar-refractivity contribution in [1.29, 1.82) is 0 Å². The molecule has 4 nitrogen and oxygen atoms in total. The molecule has 1 aliphatic rings. The molecule has 0 radical (unpaired) electrons. The number of carbonyl (C=O) groups is 2. The van der Waals surface area contributed by atoms with Crippen LogP contribution in [0, 0.1) is 0 Å². The van der Waals surface area contributed by atoms with Crippen LogP contribution in [0.2, 0.25) is 5.02 Å². The molecule has 0 saturated heterocycles. The van der Waals surface area contributed by atoms with Crippen LogP contribution in [0.3, 0.4) is 0 Å². The molecule has 0 N–H and O–H groups in total. The summed E-state index contributed by atoms with van der Waals surface area (Å²) in [4.78, 5) is 25.5. The maximum Gasteiger partial charge on any atom is 0.411 e. The third-order valence-electron chi connectivity index (χ3n) is 3.42. The number of rotatable bonds is 5. The second-order valence-corrected chi connectivity index (χ2v) is 7.09. The molecule has 1 aliphatic carbocycles. The van der Waals surface area contributed by atoms with Crippen LogP contribution in [-0.2, 0) is 16.0 Å². The van der Waals surface area contributed by atoms with Crippen molar-refractivity contribution in [3.63, 3.8) is 0 Å². The first kappa shape index (κ1) is 16.8. The predicted molar refractivity (Wildman–Crippen MR) is 86.1 cm³/mol. The average Bonchev–Trinajstić information content (AvgIpc) is 3.23. The lowest BCUT2D eigenvalue weighted by molar-refractivity contribution is -0.112. The number of halogens is 1. The fraction of sp³-hybridized carbons (Fsp3) is 0.529. The summed E-state index contributed by atoms with van der Waals surface area (Å²) in [6, 6.07) is 6.92. The average molecular weight is 324 g/mol. The summed E-state index contributed by atoms with van der Waals surface area (Å²) in [6.45, 7) is 5.47. The largest absolute Gasteiger partial charge is 0.444 e. The maximum atomic E-state index is 12.4. The quantitative estimate of drug-likeness (QED) is 0.773. The Kier molecular flexibility index (Phi) is 5.12. The smallest absolute Gasteiger partial charge is 0.411 e. The summed E-state index contributed by atoms with van der Waals surface area (Å²) < 4.78 is 5.45. The van der Waals surface area contributed by atoms with E-state index in [1.165, 1.54) is 0 Å². The monoisotopic (exact) mass is 323 g/mol. The molecule has 0 aromatic heterocycles. The van der Waals surface area contributed by atoms with E-state index in [1.54, 1.807) is 17.0 Å². The molecule has 1 atom stereocenters. The van der Waals surface area contributed by atoms with Crippen LogP contribution in [0.5, 0.6) is 0 Å². The Labute approximate surface area is 136 Å². The summed E-state index contributed by atoms with van der Waals surface area (Å²) in [5, 5.41) is 0.651. The van der Waals surface area contributed by atoms with Crippen LogP contribution in [0.25, 0.3) is 0 Å². The van der Waals surface area contributed by atoms with E-state index in [9.17, 15) is 9.59 Å². The highest BCUT2D eigenvalue weighted by Gasteiger charge is 2.39. The zero-order chi connectivity index (χ0) is 16.3. The normalized spacial score (nSPS) is 16.0. The number of amides is 1. The standard InChI is InChI=1S/C17H22ClNO3/c1-17(2,3)22-16(21)19(14-8-9-14)15(11-20)10-12-4-6-13(18)7-5-12/h4-7,11,14-15H,8-10H2,1-3H3. The zero-order valence-electron chi connectivity index (χ0n) is 13.2. The van der Waals surface area contributed by atoms with E-state index >= 15 is 0 Å². The molecule has 5 heteroatoms. The highest BCUT2D eigenvalue weighted by molar-refractivity contribution is 6.30. The van der Waals surface area contributed by atoms with Crippen molar-refractivity contribution >= 4 is 24.0 Å². The molecule has 1 unspecified atom stereocenters. The first-order valence-corrected chi connectivity index (χ1v) is 7.89. The minimum absolute atomic E-state index is 0.109. The fourth-order valence-corrected chi connectivity index (χ4v) is 2.42. The molecule has 2 rings (SSSR count). The Balaban J connectivity index is 2.12. The van der Waals surface area contributed by atoms with Crippen LogP contribution in [0.15, 0.2) is 24.3 Å². The van der Waals surface area contributed by atoms with Gasteiger partial charge in [0.25, 0.3) is 0 Å². The summed E-state index contributed by atoms with van der Waals surface area (Å²) >= 11 is 5.87. The summed E-state index contributed by atoms with van der Waals surface area (Å²) in [5.74, 6) is 0. The lowest BCUT2D eigenvalue weighted by Crippen LogP contribution is -2.46. The zero-order valence-corrected chi connectivity index (χ0v) is 14.0. The number of hydrogen-bond donors (Lipinski definition) is 0. The fourth-order valence-electron chi connectivity index (χ4n) is 2.30. The Hall–Kier alpha value is -1.55. The molecule has 120 valence electrons. The van der Waals surface area contributed by atoms with Crippen LogP contribution in [-0.4, -0.2) is 35.0 Å². The van der Waals surface area contributed by atoms with E-state index in [2.05, 4.69) is 0 Å². The van der Waals surface area contributed by atoms with Crippen molar-refractivity contribution in [3.8, 4) is 0 Å². The molecule has 0 bridgehead atoms. The maximum absolute atomic E-state index is 12.4. The molecule has 1 aromatic rings. The first-order valence-electron chi connectivity index (χ1n) is 7.51. The van der Waals surface area contributed by atoms with Crippen LogP contribution >= 0.6 is 11.6 Å². The summed E-state index contributed by atoms with van der Waals surface area (Å²) in [6.07, 6.45) is 2.72. The van der Waals surface area contributed by atoms with E-state index in [0.717, 1.165) is 24.7 Å². The van der Waals surface area contributed by atoms with Gasteiger partial charge in [-0.15, -0.1) is 0 Å². The topological polar surface area (TPSA) is 46.6 Å². The third-order valence-corrected chi connectivity index (χ3v) is 3.67. The summed E-state index contributed by atoms with van der Waals surface area (Å²) in [7, 11) is 0. The Morgan fingerprint density at radius 1 is 1.36 bits per heavy atom. The van der Waals surface area contributed by atoms with E-state index in [0.29, 0.717) is 11.4 Å². The Morgan fingerprint density at radius 2 is 1.95 bits per heavy atom. The van der Waals surface area contributed by atoms with Gasteiger partial charge in [0, 0.05) is 11.1 Å². The SMILES string of the molecule is CC(C)(C)OC(=O)N(C(C=O)Cc1ccc(Cl)cc1)C1CC1. The van der Waals surface area contributed by atoms with Gasteiger partial charge >= 0.3 is 6.09 Å². The molecule has 1 amide bonds. The highest BCUT2D eigenvalue weighted by Crippen LogP contribution is 2.31. The Morgan fingerprint density at radius 3 is 2.41 bits per heavy atom. The van der Waals surface area contributed by atoms with Gasteiger partial charge in [0.15, 0.2) is 0 Å². The van der Waals surface area contributed by atoms with Gasteiger partial charge in [0.1, 0.15) is 11.9 Å². The minimum atomic E-state index is -0.571. The van der Waals surface area contributed by atoms with E-state index < -0.39 is 17.7 Å². The van der Waals surface area contributed by atoms with Gasteiger partial charge in [0.2, 0.25) is 0 Å². The molecule has 0 aliphatic heterocycles. The molecule has 1 aromatic carbocycles. The predicted octanol–water partition coefficient (Wildman–Crippen LogP) is 3.85. The lowest BCUT2D eigenvalue weighted by atomic mass is 10.1. The molecular formula is C17H22ClNO3. The highest BCUT2D eigenvalue weighted by atomic mass is 35.5. The number of ether oxygens (including phenoxy) is 1. The second kappa shape index (κ2) is 6.69. The van der Waals surface area contributed by atoms with Crippen LogP contribution < -0.4 is 0 Å². The number of hydrogen-bond acceptors (Lipinski definition) is 3. The van der Waals surface area contributed by atoms with Crippen LogP contribution in [0.4, 0.5) is 4.79 Å². The van der Waals surface area contributed by atoms with E-state index in [4.69, 9.17) is 16.3 Å². The van der Waals surface area contributed by atoms with Crippen molar-refractivity contribution in [1.82, 2.24) is 4.90 Å². The number of nitrogens with zero attached hydrogens (tertiary/aromatic N) is 1. The van der Waals surface area contributed by atoms with Gasteiger partial charge in [-0.1, -0.05) is 23.7 Å². The molecule has 1 fully saturated rings. The number of aldehydes is 1. The van der Waals surface area contributed by atoms with Gasteiger partial charge in [-0.25, -0.2) is 4.79 Å². The second-order valence-electron chi connectivity index (χ2n) is 6.65. The lowest BCUT2D eigenvalue weighted by Gasteiger charge is -2.31. The van der Waals surface area contributed by atoms with Gasteiger partial charge < -0.3 is 9.53 Å². The van der Waals surface area contributed by atoms with Gasteiger partial charge in [-0.2, -0.15) is 0 Å². The van der Waals surface area contributed by atoms with E-state index in [1.807, 2.05) is 32.9 Å². The molecule has 0 heterocycles. The Bertz CT molecular complexity index is 532.